The third kappa shape index (κ3) is 2.19. The van der Waals surface area contributed by atoms with Gasteiger partial charge in [0.2, 0.25) is 5.88 Å². The summed E-state index contributed by atoms with van der Waals surface area (Å²) in [4.78, 5) is 4.41. The number of hydrogen-bond donors (Lipinski definition) is 0. The van der Waals surface area contributed by atoms with Crippen LogP contribution < -0.4 is 4.74 Å². The maximum Gasteiger partial charge on any atom is 0.217 e. The first-order chi connectivity index (χ1) is 9.25. The predicted molar refractivity (Wildman–Crippen MR) is 74.0 cm³/mol. The standard InChI is InChI=1S/C16H14NO2/c1-11-14-8-9-18-15(14)12(2)17-16(11)19-10-13-6-4-3-5-7-13/h3-9H,1,10H2,2H3. The first kappa shape index (κ1) is 11.8. The number of ether oxygens (including phenoxy) is 1. The molecular formula is C16H14NO2. The molecule has 2 heterocycles. The Labute approximate surface area is 111 Å². The molecule has 0 aliphatic rings. The van der Waals surface area contributed by atoms with Crippen LogP contribution in [0, 0.1) is 13.8 Å². The van der Waals surface area contributed by atoms with Gasteiger partial charge in [0.05, 0.1) is 12.0 Å². The van der Waals surface area contributed by atoms with E-state index in [0.717, 1.165) is 27.8 Å². The normalized spacial score (nSPS) is 10.8. The summed E-state index contributed by atoms with van der Waals surface area (Å²) in [6.07, 6.45) is 1.65. The molecule has 3 rings (SSSR count). The second-order valence-corrected chi connectivity index (χ2v) is 4.42. The fraction of sp³-hybridized carbons (Fsp3) is 0.125. The summed E-state index contributed by atoms with van der Waals surface area (Å²) in [6.45, 7) is 6.42. The second-order valence-electron chi connectivity index (χ2n) is 4.42. The van der Waals surface area contributed by atoms with Crippen LogP contribution in [0.5, 0.6) is 5.88 Å². The van der Waals surface area contributed by atoms with Gasteiger partial charge in [0.15, 0.2) is 5.58 Å². The minimum Gasteiger partial charge on any atom is -0.473 e. The molecule has 0 bridgehead atoms. The van der Waals surface area contributed by atoms with E-state index < -0.39 is 0 Å². The van der Waals surface area contributed by atoms with E-state index in [4.69, 9.17) is 9.15 Å². The Morgan fingerprint density at radius 2 is 2.00 bits per heavy atom. The van der Waals surface area contributed by atoms with E-state index >= 15 is 0 Å². The zero-order valence-electron chi connectivity index (χ0n) is 10.7. The number of fused-ring (bicyclic) bond motifs is 1. The van der Waals surface area contributed by atoms with Gasteiger partial charge in [-0.1, -0.05) is 30.3 Å². The number of rotatable bonds is 3. The van der Waals surface area contributed by atoms with Crippen molar-refractivity contribution < 1.29 is 9.15 Å². The third-order valence-corrected chi connectivity index (χ3v) is 3.06. The largest absolute Gasteiger partial charge is 0.473 e. The van der Waals surface area contributed by atoms with Crippen molar-refractivity contribution in [2.45, 2.75) is 13.5 Å². The molecule has 3 aromatic rings. The SMILES string of the molecule is [CH2]c1c(OCc2ccccc2)nc(C)c2occc12. The molecule has 0 fully saturated rings. The van der Waals surface area contributed by atoms with Crippen LogP contribution >= 0.6 is 0 Å². The average Bonchev–Trinajstić information content (AvgIpc) is 2.92. The Morgan fingerprint density at radius 1 is 1.21 bits per heavy atom. The van der Waals surface area contributed by atoms with Gasteiger partial charge in [0, 0.05) is 10.9 Å². The van der Waals surface area contributed by atoms with Gasteiger partial charge in [0.1, 0.15) is 6.61 Å². The van der Waals surface area contributed by atoms with E-state index in [1.54, 1.807) is 6.26 Å². The topological polar surface area (TPSA) is 35.3 Å². The number of furan rings is 1. The van der Waals surface area contributed by atoms with Crippen LogP contribution in [0.4, 0.5) is 0 Å². The maximum absolute atomic E-state index is 5.77. The highest BCUT2D eigenvalue weighted by molar-refractivity contribution is 5.84. The molecule has 1 aromatic carbocycles. The van der Waals surface area contributed by atoms with Gasteiger partial charge in [-0.3, -0.25) is 0 Å². The molecular weight excluding hydrogens is 238 g/mol. The van der Waals surface area contributed by atoms with Crippen molar-refractivity contribution in [1.29, 1.82) is 0 Å². The molecule has 0 unspecified atom stereocenters. The van der Waals surface area contributed by atoms with E-state index in [-0.39, 0.29) is 0 Å². The van der Waals surface area contributed by atoms with Crippen LogP contribution in [0.1, 0.15) is 16.8 Å². The summed E-state index contributed by atoms with van der Waals surface area (Å²) in [6, 6.07) is 11.9. The molecule has 2 aromatic heterocycles. The second kappa shape index (κ2) is 4.76. The minimum absolute atomic E-state index is 0.485. The highest BCUT2D eigenvalue weighted by Gasteiger charge is 2.12. The Bertz CT molecular complexity index is 701. The fourth-order valence-corrected chi connectivity index (χ4v) is 2.06. The molecule has 3 nitrogen and oxygen atoms in total. The van der Waals surface area contributed by atoms with Gasteiger partial charge in [-0.15, -0.1) is 0 Å². The van der Waals surface area contributed by atoms with Crippen LogP contribution in [-0.4, -0.2) is 4.98 Å². The lowest BCUT2D eigenvalue weighted by molar-refractivity contribution is 0.292. The monoisotopic (exact) mass is 252 g/mol. The lowest BCUT2D eigenvalue weighted by Gasteiger charge is -2.09. The maximum atomic E-state index is 5.77. The highest BCUT2D eigenvalue weighted by Crippen LogP contribution is 2.28. The average molecular weight is 252 g/mol. The van der Waals surface area contributed by atoms with E-state index in [1.165, 1.54) is 0 Å². The first-order valence-electron chi connectivity index (χ1n) is 6.12. The minimum atomic E-state index is 0.485. The first-order valence-corrected chi connectivity index (χ1v) is 6.12. The number of pyridine rings is 1. The zero-order chi connectivity index (χ0) is 13.2. The third-order valence-electron chi connectivity index (χ3n) is 3.06. The van der Waals surface area contributed by atoms with E-state index in [0.29, 0.717) is 12.5 Å². The zero-order valence-corrected chi connectivity index (χ0v) is 10.7. The summed E-state index contributed by atoms with van der Waals surface area (Å²) in [5, 5.41) is 0.954. The lowest BCUT2D eigenvalue weighted by Crippen LogP contribution is -2.00. The number of benzene rings is 1. The Kier molecular flexibility index (Phi) is 2.95. The fourth-order valence-electron chi connectivity index (χ4n) is 2.06. The van der Waals surface area contributed by atoms with Crippen LogP contribution in [0.15, 0.2) is 47.1 Å². The molecule has 0 aliphatic heterocycles. The summed E-state index contributed by atoms with van der Waals surface area (Å²) < 4.78 is 11.2. The molecule has 0 saturated carbocycles. The van der Waals surface area contributed by atoms with Gasteiger partial charge in [-0.2, -0.15) is 0 Å². The quantitative estimate of drug-likeness (QED) is 0.709. The lowest BCUT2D eigenvalue weighted by atomic mass is 10.1. The molecule has 3 heteroatoms. The van der Waals surface area contributed by atoms with Crippen molar-refractivity contribution >= 4 is 11.0 Å². The van der Waals surface area contributed by atoms with Gasteiger partial charge in [0.25, 0.3) is 0 Å². The number of hydrogen-bond acceptors (Lipinski definition) is 3. The van der Waals surface area contributed by atoms with Crippen LogP contribution in [0.2, 0.25) is 0 Å². The van der Waals surface area contributed by atoms with Gasteiger partial charge < -0.3 is 9.15 Å². The summed E-state index contributed by atoms with van der Waals surface area (Å²) in [5.41, 5.74) is 3.46. The van der Waals surface area contributed by atoms with Crippen LogP contribution in [-0.2, 0) is 6.61 Å². The van der Waals surface area contributed by atoms with E-state index in [2.05, 4.69) is 11.9 Å². The van der Waals surface area contributed by atoms with Crippen molar-refractivity contribution in [2.24, 2.45) is 0 Å². The van der Waals surface area contributed by atoms with Gasteiger partial charge in [-0.05, 0) is 25.5 Å². The van der Waals surface area contributed by atoms with Crippen molar-refractivity contribution in [1.82, 2.24) is 4.98 Å². The van der Waals surface area contributed by atoms with Crippen LogP contribution in [0.25, 0.3) is 11.0 Å². The summed E-state index contributed by atoms with van der Waals surface area (Å²) >= 11 is 0. The van der Waals surface area contributed by atoms with Crippen molar-refractivity contribution in [3.63, 3.8) is 0 Å². The number of nitrogens with zero attached hydrogens (tertiary/aromatic N) is 1. The van der Waals surface area contributed by atoms with Gasteiger partial charge in [-0.25, -0.2) is 4.98 Å². The molecule has 0 atom stereocenters. The van der Waals surface area contributed by atoms with E-state index in [9.17, 15) is 0 Å². The van der Waals surface area contributed by atoms with Crippen molar-refractivity contribution in [3.05, 3.63) is 66.4 Å². The molecule has 95 valence electrons. The molecule has 0 saturated heterocycles. The highest BCUT2D eigenvalue weighted by atomic mass is 16.5. The summed E-state index contributed by atoms with van der Waals surface area (Å²) in [7, 11) is 0. The Morgan fingerprint density at radius 3 is 2.79 bits per heavy atom. The van der Waals surface area contributed by atoms with Crippen molar-refractivity contribution in [3.8, 4) is 5.88 Å². The Hall–Kier alpha value is -2.29. The van der Waals surface area contributed by atoms with E-state index in [1.807, 2.05) is 43.3 Å². The molecule has 0 spiro atoms. The smallest absolute Gasteiger partial charge is 0.217 e. The summed E-state index contributed by atoms with van der Waals surface area (Å²) in [5.74, 6) is 0.565. The molecule has 0 N–H and O–H groups in total. The Balaban J connectivity index is 1.91. The predicted octanol–water partition coefficient (Wildman–Crippen LogP) is 3.90. The molecule has 0 aliphatic carbocycles. The van der Waals surface area contributed by atoms with Crippen molar-refractivity contribution in [2.75, 3.05) is 0 Å². The molecule has 0 amide bonds. The van der Waals surface area contributed by atoms with Crippen LogP contribution in [0.3, 0.4) is 0 Å². The molecule has 19 heavy (non-hydrogen) atoms. The number of aryl methyl sites for hydroxylation is 1. The molecule has 1 radical (unpaired) electrons. The van der Waals surface area contributed by atoms with Gasteiger partial charge >= 0.3 is 0 Å². The number of aromatic nitrogens is 1.